The monoisotopic (exact) mass is 473 g/mol. The van der Waals surface area contributed by atoms with Crippen molar-refractivity contribution in [2.45, 2.75) is 38.8 Å². The van der Waals surface area contributed by atoms with Gasteiger partial charge >= 0.3 is 0 Å². The molecule has 3 heterocycles. The second-order valence-corrected chi connectivity index (χ2v) is 9.77. The quantitative estimate of drug-likeness (QED) is 0.473. The van der Waals surface area contributed by atoms with Crippen molar-refractivity contribution in [2.75, 3.05) is 13.1 Å². The van der Waals surface area contributed by atoms with E-state index in [4.69, 9.17) is 0 Å². The predicted octanol–water partition coefficient (Wildman–Crippen LogP) is 5.28. The fraction of sp³-hybridized carbons (Fsp3) is 0.296. The van der Waals surface area contributed by atoms with Gasteiger partial charge in [-0.05, 0) is 42.3 Å². The van der Waals surface area contributed by atoms with E-state index < -0.39 is 0 Å². The second kappa shape index (κ2) is 9.89. The zero-order valence-electron chi connectivity index (χ0n) is 19.0. The summed E-state index contributed by atoms with van der Waals surface area (Å²) in [5.41, 5.74) is 2.69. The Bertz CT molecular complexity index is 1260. The van der Waals surface area contributed by atoms with Crippen molar-refractivity contribution in [3.8, 4) is 0 Å². The van der Waals surface area contributed by atoms with Gasteiger partial charge in [0.2, 0.25) is 5.91 Å². The molecule has 34 heavy (non-hydrogen) atoms. The Morgan fingerprint density at radius 3 is 2.38 bits per heavy atom. The van der Waals surface area contributed by atoms with Gasteiger partial charge in [-0.15, -0.1) is 0 Å². The fourth-order valence-electron chi connectivity index (χ4n) is 4.63. The number of amides is 3. The van der Waals surface area contributed by atoms with Gasteiger partial charge < -0.3 is 9.47 Å². The van der Waals surface area contributed by atoms with E-state index in [9.17, 15) is 14.4 Å². The number of carbonyl (C=O) groups excluding carboxylic acids is 3. The van der Waals surface area contributed by atoms with E-state index in [1.165, 1.54) is 17.7 Å². The molecule has 0 bridgehead atoms. The van der Waals surface area contributed by atoms with Crippen LogP contribution in [-0.2, 0) is 22.7 Å². The molecule has 174 valence electrons. The van der Waals surface area contributed by atoms with Gasteiger partial charge in [-0.3, -0.25) is 19.3 Å². The van der Waals surface area contributed by atoms with Crippen LogP contribution in [0.5, 0.6) is 0 Å². The summed E-state index contributed by atoms with van der Waals surface area (Å²) >= 11 is 0.967. The Balaban J connectivity index is 1.40. The van der Waals surface area contributed by atoms with Crippen molar-refractivity contribution in [3.63, 3.8) is 0 Å². The molecule has 1 aromatic heterocycles. The largest absolute Gasteiger partial charge is 0.341 e. The first kappa shape index (κ1) is 22.5. The number of likely N-dealkylation sites (tertiary alicyclic amines) is 1. The molecule has 2 aromatic carbocycles. The third-order valence-electron chi connectivity index (χ3n) is 6.43. The highest BCUT2D eigenvalue weighted by molar-refractivity contribution is 8.18. The van der Waals surface area contributed by atoms with E-state index in [2.05, 4.69) is 0 Å². The van der Waals surface area contributed by atoms with E-state index in [0.29, 0.717) is 4.91 Å². The average Bonchev–Trinajstić information content (AvgIpc) is 3.16. The first-order valence-electron chi connectivity index (χ1n) is 11.7. The Labute approximate surface area is 203 Å². The number of thioether (sulfide) groups is 1. The minimum atomic E-state index is -0.281. The number of carbonyl (C=O) groups is 3. The van der Waals surface area contributed by atoms with Crippen molar-refractivity contribution in [2.24, 2.45) is 0 Å². The lowest BCUT2D eigenvalue weighted by atomic mass is 10.1. The molecule has 2 aliphatic rings. The van der Waals surface area contributed by atoms with E-state index >= 15 is 0 Å². The molecule has 0 unspecified atom stereocenters. The first-order chi connectivity index (χ1) is 16.6. The first-order valence-corrected chi connectivity index (χ1v) is 12.6. The zero-order chi connectivity index (χ0) is 23.5. The van der Waals surface area contributed by atoms with E-state index in [-0.39, 0.29) is 30.1 Å². The highest BCUT2D eigenvalue weighted by atomic mass is 32.2. The van der Waals surface area contributed by atoms with E-state index in [1.54, 1.807) is 6.08 Å². The number of imide groups is 1. The lowest BCUT2D eigenvalue weighted by molar-refractivity contribution is -0.131. The van der Waals surface area contributed by atoms with Gasteiger partial charge in [0, 0.05) is 35.8 Å². The molecule has 0 N–H and O–H groups in total. The summed E-state index contributed by atoms with van der Waals surface area (Å²) in [6.07, 6.45) is 8.18. The van der Waals surface area contributed by atoms with Crippen molar-refractivity contribution < 1.29 is 14.4 Å². The maximum absolute atomic E-state index is 13.0. The third-order valence-corrected chi connectivity index (χ3v) is 7.33. The number of rotatable bonds is 5. The van der Waals surface area contributed by atoms with Crippen LogP contribution in [0.4, 0.5) is 4.79 Å². The third kappa shape index (κ3) is 4.66. The molecular weight excluding hydrogens is 446 g/mol. The van der Waals surface area contributed by atoms with Crippen molar-refractivity contribution >= 4 is 45.8 Å². The summed E-state index contributed by atoms with van der Waals surface area (Å²) in [4.78, 5) is 42.3. The molecule has 5 rings (SSSR count). The van der Waals surface area contributed by atoms with Crippen molar-refractivity contribution in [1.29, 1.82) is 0 Å². The SMILES string of the molecule is O=C(Cn1cc(C=C2SC(=O)N(Cc3ccccc3)C2=O)c2ccccc21)N1CCCCCC1. The van der Waals surface area contributed by atoms with E-state index in [0.717, 1.165) is 59.7 Å². The van der Waals surface area contributed by atoms with Crippen LogP contribution in [0, 0.1) is 0 Å². The number of hydrogen-bond acceptors (Lipinski definition) is 4. The van der Waals surface area contributed by atoms with Gasteiger partial charge in [0.15, 0.2) is 0 Å². The molecule has 2 fully saturated rings. The molecular formula is C27H27N3O3S. The maximum atomic E-state index is 13.0. The smallest absolute Gasteiger partial charge is 0.293 e. The minimum absolute atomic E-state index is 0.123. The lowest BCUT2D eigenvalue weighted by Crippen LogP contribution is -2.34. The number of nitrogens with zero attached hydrogens (tertiary/aromatic N) is 3. The number of hydrogen-bond donors (Lipinski definition) is 0. The minimum Gasteiger partial charge on any atom is -0.341 e. The molecule has 0 saturated carbocycles. The van der Waals surface area contributed by atoms with Gasteiger partial charge in [0.25, 0.3) is 11.1 Å². The summed E-state index contributed by atoms with van der Waals surface area (Å²) < 4.78 is 1.96. The Hall–Kier alpha value is -3.32. The van der Waals surface area contributed by atoms with Gasteiger partial charge in [0.1, 0.15) is 6.54 Å². The topological polar surface area (TPSA) is 62.6 Å². The molecule has 6 nitrogen and oxygen atoms in total. The van der Waals surface area contributed by atoms with Crippen LogP contribution in [0.25, 0.3) is 17.0 Å². The molecule has 0 radical (unpaired) electrons. The second-order valence-electron chi connectivity index (χ2n) is 8.78. The molecule has 0 spiro atoms. The predicted molar refractivity (Wildman–Crippen MR) is 135 cm³/mol. The van der Waals surface area contributed by atoms with Crippen LogP contribution >= 0.6 is 11.8 Å². The number of benzene rings is 2. The zero-order valence-corrected chi connectivity index (χ0v) is 19.8. The van der Waals surface area contributed by atoms with Crippen molar-refractivity contribution in [1.82, 2.24) is 14.4 Å². The maximum Gasteiger partial charge on any atom is 0.293 e. The normalized spacial score (nSPS) is 18.2. The molecule has 3 aromatic rings. The van der Waals surface area contributed by atoms with Crippen molar-refractivity contribution in [3.05, 3.63) is 76.8 Å². The Morgan fingerprint density at radius 2 is 1.62 bits per heavy atom. The summed E-state index contributed by atoms with van der Waals surface area (Å²) in [6.45, 7) is 2.16. The average molecular weight is 474 g/mol. The summed E-state index contributed by atoms with van der Waals surface area (Å²) in [5, 5.41) is 0.696. The van der Waals surface area contributed by atoms with Crippen LogP contribution in [-0.4, -0.2) is 44.5 Å². The van der Waals surface area contributed by atoms with Crippen LogP contribution < -0.4 is 0 Å². The molecule has 7 heteroatoms. The molecule has 2 aliphatic heterocycles. The number of fused-ring (bicyclic) bond motifs is 1. The highest BCUT2D eigenvalue weighted by Gasteiger charge is 2.35. The van der Waals surface area contributed by atoms with Gasteiger partial charge in [-0.2, -0.15) is 0 Å². The van der Waals surface area contributed by atoms with Crippen LogP contribution in [0.1, 0.15) is 36.8 Å². The van der Waals surface area contributed by atoms with E-state index in [1.807, 2.05) is 70.3 Å². The molecule has 2 saturated heterocycles. The summed E-state index contributed by atoms with van der Waals surface area (Å²) in [5.74, 6) is -0.159. The molecule has 0 atom stereocenters. The van der Waals surface area contributed by atoms with Gasteiger partial charge in [-0.1, -0.05) is 61.4 Å². The molecule has 0 aliphatic carbocycles. The Kier molecular flexibility index (Phi) is 6.54. The fourth-order valence-corrected chi connectivity index (χ4v) is 5.46. The summed E-state index contributed by atoms with van der Waals surface area (Å²) in [6, 6.07) is 17.4. The molecule has 3 amide bonds. The summed E-state index contributed by atoms with van der Waals surface area (Å²) in [7, 11) is 0. The van der Waals surface area contributed by atoms with Crippen LogP contribution in [0.2, 0.25) is 0 Å². The standard InChI is InChI=1S/C27H27N3O3S/c31-25(28-14-8-1-2-9-15-28)19-29-18-21(22-12-6-7-13-23(22)29)16-24-26(32)30(27(33)34-24)17-20-10-4-3-5-11-20/h3-7,10-13,16,18H,1-2,8-9,14-15,17,19H2. The Morgan fingerprint density at radius 1 is 0.912 bits per heavy atom. The lowest BCUT2D eigenvalue weighted by Gasteiger charge is -2.20. The van der Waals surface area contributed by atoms with Crippen LogP contribution in [0.15, 0.2) is 65.7 Å². The van der Waals surface area contributed by atoms with Gasteiger partial charge in [0.05, 0.1) is 11.4 Å². The highest BCUT2D eigenvalue weighted by Crippen LogP contribution is 2.35. The van der Waals surface area contributed by atoms with Gasteiger partial charge in [-0.25, -0.2) is 0 Å². The number of para-hydroxylation sites is 1. The van der Waals surface area contributed by atoms with Crippen LogP contribution in [0.3, 0.4) is 0 Å². The number of aromatic nitrogens is 1.